The molecule has 0 N–H and O–H groups in total. The van der Waals surface area contributed by atoms with Gasteiger partial charge < -0.3 is 14.2 Å². The van der Waals surface area contributed by atoms with Gasteiger partial charge in [0.25, 0.3) is 0 Å². The van der Waals surface area contributed by atoms with E-state index in [9.17, 15) is 0 Å². The third kappa shape index (κ3) is 4.18. The SMILES string of the molecule is COCN(C)COc1cccc(OC)c1. The van der Waals surface area contributed by atoms with Crippen LogP contribution in [0.3, 0.4) is 0 Å². The van der Waals surface area contributed by atoms with Gasteiger partial charge in [0.2, 0.25) is 0 Å². The number of nitrogens with zero attached hydrogens (tertiary/aromatic N) is 1. The Morgan fingerprint density at radius 3 is 2.53 bits per heavy atom. The summed E-state index contributed by atoms with van der Waals surface area (Å²) < 4.78 is 15.6. The average molecular weight is 211 g/mol. The van der Waals surface area contributed by atoms with E-state index in [0.29, 0.717) is 13.5 Å². The van der Waals surface area contributed by atoms with Gasteiger partial charge in [0.15, 0.2) is 0 Å². The quantitative estimate of drug-likeness (QED) is 0.668. The number of methoxy groups -OCH3 is 2. The molecule has 1 rings (SSSR count). The fraction of sp³-hybridized carbons (Fsp3) is 0.455. The molecular weight excluding hydrogens is 194 g/mol. The zero-order valence-corrected chi connectivity index (χ0v) is 9.40. The smallest absolute Gasteiger partial charge is 0.143 e. The fourth-order valence-electron chi connectivity index (χ4n) is 1.13. The molecule has 1 aromatic carbocycles. The summed E-state index contributed by atoms with van der Waals surface area (Å²) in [6.45, 7) is 1.03. The fourth-order valence-corrected chi connectivity index (χ4v) is 1.13. The van der Waals surface area contributed by atoms with E-state index in [0.717, 1.165) is 11.5 Å². The molecule has 0 bridgehead atoms. The molecule has 0 radical (unpaired) electrons. The van der Waals surface area contributed by atoms with Gasteiger partial charge in [0.05, 0.1) is 7.11 Å². The van der Waals surface area contributed by atoms with Gasteiger partial charge in [0.1, 0.15) is 25.0 Å². The molecule has 0 aliphatic rings. The van der Waals surface area contributed by atoms with Crippen LogP contribution in [0.15, 0.2) is 24.3 Å². The van der Waals surface area contributed by atoms with Crippen molar-refractivity contribution in [2.45, 2.75) is 0 Å². The molecule has 1 aromatic rings. The molecule has 0 saturated heterocycles. The van der Waals surface area contributed by atoms with Gasteiger partial charge in [0, 0.05) is 13.2 Å². The summed E-state index contributed by atoms with van der Waals surface area (Å²) in [6.07, 6.45) is 0. The minimum atomic E-state index is 0.487. The van der Waals surface area contributed by atoms with Crippen molar-refractivity contribution in [3.8, 4) is 11.5 Å². The number of hydrogen-bond acceptors (Lipinski definition) is 4. The van der Waals surface area contributed by atoms with E-state index in [-0.39, 0.29) is 0 Å². The molecule has 0 atom stereocenters. The van der Waals surface area contributed by atoms with Crippen molar-refractivity contribution in [3.63, 3.8) is 0 Å². The highest BCUT2D eigenvalue weighted by atomic mass is 16.5. The van der Waals surface area contributed by atoms with Crippen LogP contribution in [0.2, 0.25) is 0 Å². The highest BCUT2D eigenvalue weighted by Gasteiger charge is 1.99. The lowest BCUT2D eigenvalue weighted by Crippen LogP contribution is -2.25. The first kappa shape index (κ1) is 11.8. The summed E-state index contributed by atoms with van der Waals surface area (Å²) in [5.74, 6) is 1.58. The van der Waals surface area contributed by atoms with E-state index in [2.05, 4.69) is 0 Å². The molecule has 4 nitrogen and oxygen atoms in total. The van der Waals surface area contributed by atoms with Gasteiger partial charge in [-0.1, -0.05) is 6.07 Å². The second kappa shape index (κ2) is 6.27. The molecule has 15 heavy (non-hydrogen) atoms. The Morgan fingerprint density at radius 2 is 1.87 bits per heavy atom. The first-order valence-electron chi connectivity index (χ1n) is 4.70. The highest BCUT2D eigenvalue weighted by molar-refractivity contribution is 5.32. The molecule has 0 spiro atoms. The molecule has 0 heterocycles. The molecular formula is C11H17NO3. The van der Waals surface area contributed by atoms with Crippen LogP contribution in [-0.2, 0) is 4.74 Å². The zero-order chi connectivity index (χ0) is 11.1. The van der Waals surface area contributed by atoms with Crippen LogP contribution in [0.5, 0.6) is 11.5 Å². The average Bonchev–Trinajstić information content (AvgIpc) is 2.27. The lowest BCUT2D eigenvalue weighted by Gasteiger charge is -2.16. The lowest BCUT2D eigenvalue weighted by atomic mass is 10.3. The molecule has 0 aliphatic carbocycles. The van der Waals surface area contributed by atoms with Crippen LogP contribution in [0, 0.1) is 0 Å². The Morgan fingerprint density at radius 1 is 1.13 bits per heavy atom. The van der Waals surface area contributed by atoms with Crippen molar-refractivity contribution in [3.05, 3.63) is 24.3 Å². The van der Waals surface area contributed by atoms with E-state index >= 15 is 0 Å². The Kier molecular flexibility index (Phi) is 4.93. The van der Waals surface area contributed by atoms with Crippen LogP contribution < -0.4 is 9.47 Å². The zero-order valence-electron chi connectivity index (χ0n) is 9.40. The standard InChI is InChI=1S/C11H17NO3/c1-12(8-13-2)9-15-11-6-4-5-10(7-11)14-3/h4-7H,8-9H2,1-3H3. The van der Waals surface area contributed by atoms with Crippen LogP contribution in [0.4, 0.5) is 0 Å². The second-order valence-corrected chi connectivity index (χ2v) is 3.23. The van der Waals surface area contributed by atoms with Gasteiger partial charge in [-0.25, -0.2) is 0 Å². The second-order valence-electron chi connectivity index (χ2n) is 3.23. The van der Waals surface area contributed by atoms with E-state index in [4.69, 9.17) is 14.2 Å². The maximum atomic E-state index is 5.53. The van der Waals surface area contributed by atoms with Crippen LogP contribution >= 0.6 is 0 Å². The summed E-state index contributed by atoms with van der Waals surface area (Å²) in [6, 6.07) is 7.51. The van der Waals surface area contributed by atoms with Crippen LogP contribution in [-0.4, -0.2) is 39.6 Å². The van der Waals surface area contributed by atoms with Crippen molar-refractivity contribution in [1.82, 2.24) is 4.90 Å². The Labute approximate surface area is 90.4 Å². The molecule has 0 saturated carbocycles. The summed E-state index contributed by atoms with van der Waals surface area (Å²) >= 11 is 0. The van der Waals surface area contributed by atoms with Gasteiger partial charge >= 0.3 is 0 Å². The Balaban J connectivity index is 2.43. The van der Waals surface area contributed by atoms with Crippen molar-refractivity contribution in [1.29, 1.82) is 0 Å². The minimum absolute atomic E-state index is 0.487. The number of rotatable bonds is 6. The molecule has 0 unspecified atom stereocenters. The van der Waals surface area contributed by atoms with Crippen molar-refractivity contribution in [2.75, 3.05) is 34.7 Å². The molecule has 4 heteroatoms. The number of ether oxygens (including phenoxy) is 3. The molecule has 0 amide bonds. The van der Waals surface area contributed by atoms with Gasteiger partial charge in [-0.05, 0) is 19.2 Å². The number of hydrogen-bond donors (Lipinski definition) is 0. The van der Waals surface area contributed by atoms with Crippen molar-refractivity contribution < 1.29 is 14.2 Å². The first-order valence-corrected chi connectivity index (χ1v) is 4.70. The van der Waals surface area contributed by atoms with E-state index < -0.39 is 0 Å². The third-order valence-electron chi connectivity index (χ3n) is 1.84. The van der Waals surface area contributed by atoms with E-state index in [1.165, 1.54) is 0 Å². The predicted molar refractivity (Wildman–Crippen MR) is 58.1 cm³/mol. The summed E-state index contributed by atoms with van der Waals surface area (Å²) in [4.78, 5) is 1.92. The molecule has 84 valence electrons. The maximum Gasteiger partial charge on any atom is 0.143 e. The lowest BCUT2D eigenvalue weighted by molar-refractivity contribution is 0.0334. The minimum Gasteiger partial charge on any atom is -0.497 e. The van der Waals surface area contributed by atoms with E-state index in [1.54, 1.807) is 14.2 Å². The van der Waals surface area contributed by atoms with Crippen molar-refractivity contribution in [2.24, 2.45) is 0 Å². The first-order chi connectivity index (χ1) is 7.26. The Hall–Kier alpha value is -1.26. The summed E-state index contributed by atoms with van der Waals surface area (Å²) in [5, 5.41) is 0. The molecule has 0 fully saturated rings. The molecule has 0 aliphatic heterocycles. The monoisotopic (exact) mass is 211 g/mol. The topological polar surface area (TPSA) is 30.9 Å². The largest absolute Gasteiger partial charge is 0.497 e. The Bertz CT molecular complexity index is 291. The van der Waals surface area contributed by atoms with Crippen LogP contribution in [0.25, 0.3) is 0 Å². The number of benzene rings is 1. The summed E-state index contributed by atoms with van der Waals surface area (Å²) in [7, 11) is 5.21. The van der Waals surface area contributed by atoms with Gasteiger partial charge in [-0.3, -0.25) is 4.90 Å². The normalized spacial score (nSPS) is 10.4. The van der Waals surface area contributed by atoms with Gasteiger partial charge in [-0.2, -0.15) is 0 Å². The predicted octanol–water partition coefficient (Wildman–Crippen LogP) is 1.57. The third-order valence-corrected chi connectivity index (χ3v) is 1.84. The highest BCUT2D eigenvalue weighted by Crippen LogP contribution is 2.18. The maximum absolute atomic E-state index is 5.53. The summed E-state index contributed by atoms with van der Waals surface area (Å²) in [5.41, 5.74) is 0. The van der Waals surface area contributed by atoms with Crippen molar-refractivity contribution >= 4 is 0 Å². The van der Waals surface area contributed by atoms with Crippen LogP contribution in [0.1, 0.15) is 0 Å². The van der Waals surface area contributed by atoms with Gasteiger partial charge in [-0.15, -0.1) is 0 Å². The molecule has 0 aromatic heterocycles. The van der Waals surface area contributed by atoms with E-state index in [1.807, 2.05) is 36.2 Å².